The summed E-state index contributed by atoms with van der Waals surface area (Å²) in [5, 5.41) is 0.628. The highest BCUT2D eigenvalue weighted by Gasteiger charge is 2.17. The van der Waals surface area contributed by atoms with E-state index in [4.69, 9.17) is 22.1 Å². The molecular formula is C14H12BrClINO. The van der Waals surface area contributed by atoms with Crippen molar-refractivity contribution in [1.82, 2.24) is 0 Å². The lowest BCUT2D eigenvalue weighted by molar-refractivity contribution is 0.405. The van der Waals surface area contributed by atoms with Crippen molar-refractivity contribution in [3.63, 3.8) is 0 Å². The molecule has 0 aromatic heterocycles. The van der Waals surface area contributed by atoms with E-state index in [-0.39, 0.29) is 6.04 Å². The zero-order chi connectivity index (χ0) is 14.0. The predicted octanol–water partition coefficient (Wildman–Crippen LogP) is 4.76. The van der Waals surface area contributed by atoms with E-state index in [0.717, 1.165) is 24.9 Å². The normalized spacial score (nSPS) is 12.3. The molecule has 0 fully saturated rings. The third-order valence-electron chi connectivity index (χ3n) is 2.78. The van der Waals surface area contributed by atoms with Crippen molar-refractivity contribution in [2.75, 3.05) is 7.11 Å². The Morgan fingerprint density at radius 1 is 1.32 bits per heavy atom. The van der Waals surface area contributed by atoms with Crippen LogP contribution in [0.25, 0.3) is 0 Å². The number of benzene rings is 2. The van der Waals surface area contributed by atoms with E-state index in [1.54, 1.807) is 13.2 Å². The standard InChI is InChI=1S/C14H12BrClINO/c1-19-14-11(6-9(16)7-12(14)15)13(18)8-3-2-4-10(17)5-8/h2-7,13H,18H2,1H3. The molecule has 0 bridgehead atoms. The number of hydrogen-bond donors (Lipinski definition) is 1. The van der Waals surface area contributed by atoms with Crippen molar-refractivity contribution >= 4 is 50.1 Å². The van der Waals surface area contributed by atoms with Crippen LogP contribution in [0.2, 0.25) is 5.02 Å². The van der Waals surface area contributed by atoms with Crippen LogP contribution in [0, 0.1) is 3.57 Å². The van der Waals surface area contributed by atoms with Gasteiger partial charge in [0.1, 0.15) is 5.75 Å². The Kier molecular flexibility index (Phi) is 5.11. The van der Waals surface area contributed by atoms with Crippen molar-refractivity contribution in [2.45, 2.75) is 6.04 Å². The smallest absolute Gasteiger partial charge is 0.138 e. The van der Waals surface area contributed by atoms with Crippen LogP contribution in [-0.4, -0.2) is 7.11 Å². The first-order valence-electron chi connectivity index (χ1n) is 5.57. The Morgan fingerprint density at radius 2 is 2.05 bits per heavy atom. The fourth-order valence-corrected chi connectivity index (χ4v) is 3.47. The van der Waals surface area contributed by atoms with Gasteiger partial charge in [0.25, 0.3) is 0 Å². The van der Waals surface area contributed by atoms with Gasteiger partial charge in [0.15, 0.2) is 0 Å². The number of methoxy groups -OCH3 is 1. The molecular weight excluding hydrogens is 440 g/mol. The molecule has 2 nitrogen and oxygen atoms in total. The van der Waals surface area contributed by atoms with Gasteiger partial charge in [0.05, 0.1) is 17.6 Å². The average Bonchev–Trinajstić information content (AvgIpc) is 2.37. The highest BCUT2D eigenvalue weighted by atomic mass is 127. The van der Waals surface area contributed by atoms with Crippen LogP contribution in [0.15, 0.2) is 40.9 Å². The Hall–Kier alpha value is -0.300. The van der Waals surface area contributed by atoms with Gasteiger partial charge in [-0.15, -0.1) is 0 Å². The van der Waals surface area contributed by atoms with E-state index in [1.165, 1.54) is 0 Å². The Morgan fingerprint density at radius 3 is 2.68 bits per heavy atom. The van der Waals surface area contributed by atoms with Crippen LogP contribution in [0.5, 0.6) is 5.75 Å². The fraction of sp³-hybridized carbons (Fsp3) is 0.143. The first-order valence-corrected chi connectivity index (χ1v) is 7.82. The molecule has 0 radical (unpaired) electrons. The summed E-state index contributed by atoms with van der Waals surface area (Å²) in [7, 11) is 1.62. The largest absolute Gasteiger partial charge is 0.495 e. The van der Waals surface area contributed by atoms with Crippen LogP contribution >= 0.6 is 50.1 Å². The lowest BCUT2D eigenvalue weighted by atomic mass is 9.99. The molecule has 0 spiro atoms. The minimum atomic E-state index is -0.278. The molecule has 1 atom stereocenters. The van der Waals surface area contributed by atoms with Gasteiger partial charge in [-0.05, 0) is 68.3 Å². The Balaban J connectivity index is 2.52. The molecule has 0 saturated carbocycles. The van der Waals surface area contributed by atoms with Gasteiger partial charge in [-0.25, -0.2) is 0 Å². The van der Waals surface area contributed by atoms with Crippen molar-refractivity contribution in [1.29, 1.82) is 0 Å². The summed E-state index contributed by atoms with van der Waals surface area (Å²) in [5.41, 5.74) is 8.23. The molecule has 5 heteroatoms. The van der Waals surface area contributed by atoms with E-state index in [0.29, 0.717) is 5.02 Å². The van der Waals surface area contributed by atoms with Crippen LogP contribution in [0.4, 0.5) is 0 Å². The van der Waals surface area contributed by atoms with Crippen LogP contribution < -0.4 is 10.5 Å². The van der Waals surface area contributed by atoms with E-state index in [9.17, 15) is 0 Å². The van der Waals surface area contributed by atoms with Crippen LogP contribution in [0.1, 0.15) is 17.2 Å². The second-order valence-electron chi connectivity index (χ2n) is 4.04. The molecule has 0 aliphatic heterocycles. The maximum absolute atomic E-state index is 6.34. The fourth-order valence-electron chi connectivity index (χ4n) is 1.91. The Bertz CT molecular complexity index is 606. The Labute approximate surface area is 139 Å². The SMILES string of the molecule is COc1c(Br)cc(Cl)cc1C(N)c1cccc(I)c1. The van der Waals surface area contributed by atoms with Crippen molar-refractivity contribution in [2.24, 2.45) is 5.73 Å². The third-order valence-corrected chi connectivity index (χ3v) is 4.26. The van der Waals surface area contributed by atoms with Crippen molar-refractivity contribution < 1.29 is 4.74 Å². The molecule has 100 valence electrons. The second-order valence-corrected chi connectivity index (χ2v) is 6.58. The van der Waals surface area contributed by atoms with Gasteiger partial charge < -0.3 is 10.5 Å². The molecule has 0 aliphatic carbocycles. The van der Waals surface area contributed by atoms with E-state index >= 15 is 0 Å². The molecule has 0 aliphatic rings. The average molecular weight is 453 g/mol. The van der Waals surface area contributed by atoms with Crippen molar-refractivity contribution in [3.05, 3.63) is 60.6 Å². The van der Waals surface area contributed by atoms with E-state index in [1.807, 2.05) is 24.3 Å². The summed E-state index contributed by atoms with van der Waals surface area (Å²) in [6, 6.07) is 11.4. The number of halogens is 3. The predicted molar refractivity (Wildman–Crippen MR) is 90.9 cm³/mol. The van der Waals surface area contributed by atoms with Gasteiger partial charge in [-0.3, -0.25) is 0 Å². The summed E-state index contributed by atoms with van der Waals surface area (Å²) in [5.74, 6) is 0.718. The maximum Gasteiger partial charge on any atom is 0.138 e. The number of hydrogen-bond acceptors (Lipinski definition) is 2. The summed E-state index contributed by atoms with van der Waals surface area (Å²) < 4.78 is 7.36. The first kappa shape index (κ1) is 15.1. The lowest BCUT2D eigenvalue weighted by Gasteiger charge is -2.18. The van der Waals surface area contributed by atoms with Gasteiger partial charge in [0, 0.05) is 14.2 Å². The summed E-state index contributed by atoms with van der Waals surface area (Å²) >= 11 is 11.8. The molecule has 2 aromatic carbocycles. The summed E-state index contributed by atoms with van der Waals surface area (Å²) in [6.07, 6.45) is 0. The maximum atomic E-state index is 6.34. The molecule has 2 N–H and O–H groups in total. The number of nitrogens with two attached hydrogens (primary N) is 1. The lowest BCUT2D eigenvalue weighted by Crippen LogP contribution is -2.13. The van der Waals surface area contributed by atoms with Gasteiger partial charge in [-0.1, -0.05) is 23.7 Å². The molecule has 2 aromatic rings. The third kappa shape index (κ3) is 3.42. The van der Waals surface area contributed by atoms with Gasteiger partial charge >= 0.3 is 0 Å². The second kappa shape index (κ2) is 6.43. The van der Waals surface area contributed by atoms with Crippen molar-refractivity contribution in [3.8, 4) is 5.75 Å². The topological polar surface area (TPSA) is 35.2 Å². The van der Waals surface area contributed by atoms with Gasteiger partial charge in [-0.2, -0.15) is 0 Å². The molecule has 0 saturated heterocycles. The van der Waals surface area contributed by atoms with E-state index < -0.39 is 0 Å². The molecule has 0 amide bonds. The highest BCUT2D eigenvalue weighted by Crippen LogP contribution is 2.37. The van der Waals surface area contributed by atoms with E-state index in [2.05, 4.69) is 44.6 Å². The minimum absolute atomic E-state index is 0.278. The molecule has 0 heterocycles. The first-order chi connectivity index (χ1) is 9.02. The van der Waals surface area contributed by atoms with Crippen LogP contribution in [-0.2, 0) is 0 Å². The summed E-state index contributed by atoms with van der Waals surface area (Å²) in [6.45, 7) is 0. The monoisotopic (exact) mass is 451 g/mol. The summed E-state index contributed by atoms with van der Waals surface area (Å²) in [4.78, 5) is 0. The minimum Gasteiger partial charge on any atom is -0.495 e. The quantitative estimate of drug-likeness (QED) is 0.682. The number of rotatable bonds is 3. The highest BCUT2D eigenvalue weighted by molar-refractivity contribution is 14.1. The zero-order valence-corrected chi connectivity index (χ0v) is 14.7. The van der Waals surface area contributed by atoms with Crippen LogP contribution in [0.3, 0.4) is 0 Å². The molecule has 2 rings (SSSR count). The van der Waals surface area contributed by atoms with Gasteiger partial charge in [0.2, 0.25) is 0 Å². The molecule has 1 unspecified atom stereocenters. The number of ether oxygens (including phenoxy) is 1. The molecule has 19 heavy (non-hydrogen) atoms. The zero-order valence-electron chi connectivity index (χ0n) is 10.2.